The SMILES string of the molecule is Cc1cc2c(c(N3CCN(C)CC3)c1)OC(C(=O)Nc1ccc(C(=O)NC(=N)CO)cc1)CC2. The average Bonchev–Trinajstić information content (AvgIpc) is 2.84. The topological polar surface area (TPSA) is 118 Å². The van der Waals surface area contributed by atoms with E-state index < -0.39 is 18.6 Å². The van der Waals surface area contributed by atoms with Gasteiger partial charge in [0.15, 0.2) is 6.10 Å². The van der Waals surface area contributed by atoms with E-state index in [-0.39, 0.29) is 11.7 Å². The number of rotatable bonds is 5. The molecule has 180 valence electrons. The van der Waals surface area contributed by atoms with E-state index in [9.17, 15) is 9.59 Å². The van der Waals surface area contributed by atoms with E-state index >= 15 is 0 Å². The normalized spacial score (nSPS) is 18.0. The van der Waals surface area contributed by atoms with Crippen LogP contribution < -0.4 is 20.3 Å². The number of fused-ring (bicyclic) bond motifs is 1. The van der Waals surface area contributed by atoms with Crippen molar-refractivity contribution < 1.29 is 19.4 Å². The summed E-state index contributed by atoms with van der Waals surface area (Å²) in [7, 11) is 2.12. The van der Waals surface area contributed by atoms with Gasteiger partial charge in [0.05, 0.1) is 5.69 Å². The number of ether oxygens (including phenoxy) is 1. The number of piperazine rings is 1. The van der Waals surface area contributed by atoms with E-state index in [0.29, 0.717) is 17.7 Å². The second kappa shape index (κ2) is 10.2. The van der Waals surface area contributed by atoms with E-state index in [2.05, 4.69) is 46.5 Å². The van der Waals surface area contributed by atoms with Crippen LogP contribution in [0.1, 0.15) is 27.9 Å². The van der Waals surface area contributed by atoms with Crippen molar-refractivity contribution >= 4 is 29.0 Å². The van der Waals surface area contributed by atoms with Gasteiger partial charge in [-0.1, -0.05) is 6.07 Å². The fraction of sp³-hybridized carbons (Fsp3) is 0.400. The van der Waals surface area contributed by atoms with E-state index in [1.54, 1.807) is 24.3 Å². The van der Waals surface area contributed by atoms with Crippen LogP contribution in [0.15, 0.2) is 36.4 Å². The fourth-order valence-electron chi connectivity index (χ4n) is 4.28. The molecule has 2 aliphatic heterocycles. The second-order valence-corrected chi connectivity index (χ2v) is 8.87. The Kier molecular flexibility index (Phi) is 7.14. The highest BCUT2D eigenvalue weighted by Gasteiger charge is 2.30. The Balaban J connectivity index is 1.44. The molecule has 9 nitrogen and oxygen atoms in total. The highest BCUT2D eigenvalue weighted by Crippen LogP contribution is 2.39. The summed E-state index contributed by atoms with van der Waals surface area (Å²) < 4.78 is 6.27. The van der Waals surface area contributed by atoms with Gasteiger partial charge in [-0.05, 0) is 68.3 Å². The summed E-state index contributed by atoms with van der Waals surface area (Å²) in [5.41, 5.74) is 4.27. The Bertz CT molecular complexity index is 1080. The number of hydrogen-bond donors (Lipinski definition) is 4. The Morgan fingerprint density at radius 2 is 1.85 bits per heavy atom. The third-order valence-corrected chi connectivity index (χ3v) is 6.20. The molecule has 0 radical (unpaired) electrons. The number of likely N-dealkylation sites (N-methyl/N-ethyl adjacent to an activating group) is 1. The molecule has 2 aromatic carbocycles. The maximum Gasteiger partial charge on any atom is 0.265 e. The van der Waals surface area contributed by atoms with Crippen LogP contribution in [-0.4, -0.2) is 73.6 Å². The largest absolute Gasteiger partial charge is 0.478 e. The zero-order valence-electron chi connectivity index (χ0n) is 19.6. The number of nitrogens with one attached hydrogen (secondary N) is 3. The van der Waals surface area contributed by atoms with Crippen LogP contribution in [0.25, 0.3) is 0 Å². The highest BCUT2D eigenvalue weighted by molar-refractivity contribution is 6.06. The molecule has 0 bridgehead atoms. The van der Waals surface area contributed by atoms with Crippen LogP contribution >= 0.6 is 0 Å². The van der Waals surface area contributed by atoms with Gasteiger partial charge >= 0.3 is 0 Å². The molecule has 2 aliphatic rings. The smallest absolute Gasteiger partial charge is 0.265 e. The minimum absolute atomic E-state index is 0.227. The molecule has 2 amide bonds. The average molecular weight is 466 g/mol. The summed E-state index contributed by atoms with van der Waals surface area (Å²) in [5.74, 6) is -0.186. The molecule has 2 aromatic rings. The predicted octanol–water partition coefficient (Wildman–Crippen LogP) is 1.78. The number of amidine groups is 1. The van der Waals surface area contributed by atoms with E-state index in [1.165, 1.54) is 5.56 Å². The number of aliphatic hydroxyl groups is 1. The van der Waals surface area contributed by atoms with Crippen molar-refractivity contribution in [1.29, 1.82) is 5.41 Å². The lowest BCUT2D eigenvalue weighted by atomic mass is 9.98. The molecule has 2 heterocycles. The van der Waals surface area contributed by atoms with Gasteiger partial charge in [0.1, 0.15) is 18.2 Å². The third-order valence-electron chi connectivity index (χ3n) is 6.20. The number of carbonyl (C=O) groups excluding carboxylic acids is 2. The van der Waals surface area contributed by atoms with Crippen molar-refractivity contribution in [1.82, 2.24) is 10.2 Å². The summed E-state index contributed by atoms with van der Waals surface area (Å²) in [5, 5.41) is 21.4. The van der Waals surface area contributed by atoms with Gasteiger partial charge in [0.2, 0.25) is 0 Å². The number of aryl methyl sites for hydroxylation is 2. The van der Waals surface area contributed by atoms with Gasteiger partial charge in [-0.25, -0.2) is 0 Å². The maximum absolute atomic E-state index is 13.0. The molecule has 0 aromatic heterocycles. The number of aliphatic hydroxyl groups excluding tert-OH is 1. The Morgan fingerprint density at radius 1 is 1.15 bits per heavy atom. The standard InChI is InChI=1S/C25H31N5O4/c1-16-13-18-5-8-21(34-23(18)20(14-16)30-11-9-29(2)10-12-30)25(33)27-19-6-3-17(4-7-19)24(32)28-22(26)15-31/h3-4,6-7,13-14,21,31H,5,8-12,15H2,1-2H3,(H,27,33)(H2,26,28,32). The monoisotopic (exact) mass is 465 g/mol. The summed E-state index contributed by atoms with van der Waals surface area (Å²) in [6.07, 6.45) is 0.759. The third kappa shape index (κ3) is 5.37. The van der Waals surface area contributed by atoms with E-state index in [4.69, 9.17) is 15.3 Å². The lowest BCUT2D eigenvalue weighted by molar-refractivity contribution is -0.123. The Labute approximate surface area is 199 Å². The van der Waals surface area contributed by atoms with Gasteiger partial charge in [-0.3, -0.25) is 15.0 Å². The van der Waals surface area contributed by atoms with Crippen LogP contribution in [0.4, 0.5) is 11.4 Å². The number of amides is 2. The first kappa shape index (κ1) is 23.7. The first-order chi connectivity index (χ1) is 16.3. The van der Waals surface area contributed by atoms with Crippen LogP contribution in [0.5, 0.6) is 5.75 Å². The van der Waals surface area contributed by atoms with Crippen LogP contribution in [0.2, 0.25) is 0 Å². The number of nitrogens with zero attached hydrogens (tertiary/aromatic N) is 2. The quantitative estimate of drug-likeness (QED) is 0.395. The highest BCUT2D eigenvalue weighted by atomic mass is 16.5. The number of hydrogen-bond acceptors (Lipinski definition) is 7. The van der Waals surface area contributed by atoms with E-state index in [1.807, 2.05) is 0 Å². The van der Waals surface area contributed by atoms with Crippen LogP contribution in [0, 0.1) is 12.3 Å². The maximum atomic E-state index is 13.0. The first-order valence-electron chi connectivity index (χ1n) is 11.5. The minimum atomic E-state index is -0.602. The minimum Gasteiger partial charge on any atom is -0.478 e. The predicted molar refractivity (Wildman–Crippen MR) is 131 cm³/mol. The summed E-state index contributed by atoms with van der Waals surface area (Å²) in [4.78, 5) is 29.7. The molecule has 0 aliphatic carbocycles. The molecule has 4 rings (SSSR count). The van der Waals surface area contributed by atoms with Gasteiger partial charge in [-0.2, -0.15) is 0 Å². The number of anilines is 2. The zero-order chi connectivity index (χ0) is 24.2. The Morgan fingerprint density at radius 3 is 2.53 bits per heavy atom. The molecule has 1 atom stereocenters. The Hall–Kier alpha value is -3.43. The first-order valence-corrected chi connectivity index (χ1v) is 11.5. The van der Waals surface area contributed by atoms with Crippen molar-refractivity contribution in [2.24, 2.45) is 0 Å². The van der Waals surface area contributed by atoms with Crippen LogP contribution in [-0.2, 0) is 11.2 Å². The summed E-state index contributed by atoms with van der Waals surface area (Å²) in [6, 6.07) is 10.7. The molecule has 1 fully saturated rings. The molecule has 1 unspecified atom stereocenters. The van der Waals surface area contributed by atoms with Crippen molar-refractivity contribution in [2.45, 2.75) is 25.9 Å². The van der Waals surface area contributed by atoms with Crippen molar-refractivity contribution in [3.05, 3.63) is 53.1 Å². The lowest BCUT2D eigenvalue weighted by Gasteiger charge is -2.37. The number of carbonyl (C=O) groups is 2. The second-order valence-electron chi connectivity index (χ2n) is 8.87. The summed E-state index contributed by atoms with van der Waals surface area (Å²) in [6.45, 7) is 5.37. The molecule has 1 saturated heterocycles. The zero-order valence-corrected chi connectivity index (χ0v) is 19.6. The number of benzene rings is 2. The van der Waals surface area contributed by atoms with Crippen molar-refractivity contribution in [3.63, 3.8) is 0 Å². The fourth-order valence-corrected chi connectivity index (χ4v) is 4.28. The van der Waals surface area contributed by atoms with Crippen molar-refractivity contribution in [2.75, 3.05) is 50.1 Å². The molecule has 0 saturated carbocycles. The molecular formula is C25H31N5O4. The van der Waals surface area contributed by atoms with Gasteiger partial charge in [0, 0.05) is 37.4 Å². The molecule has 0 spiro atoms. The molecule has 34 heavy (non-hydrogen) atoms. The lowest BCUT2D eigenvalue weighted by Crippen LogP contribution is -2.45. The molecule has 4 N–H and O–H groups in total. The van der Waals surface area contributed by atoms with E-state index in [0.717, 1.165) is 49.6 Å². The summed E-state index contributed by atoms with van der Waals surface area (Å²) >= 11 is 0. The van der Waals surface area contributed by atoms with Crippen molar-refractivity contribution in [3.8, 4) is 5.75 Å². The molecular weight excluding hydrogens is 434 g/mol. The van der Waals surface area contributed by atoms with Gasteiger partial charge in [0.25, 0.3) is 11.8 Å². The van der Waals surface area contributed by atoms with Crippen LogP contribution in [0.3, 0.4) is 0 Å². The molecule has 9 heteroatoms. The van der Waals surface area contributed by atoms with Gasteiger partial charge < -0.3 is 30.3 Å². The van der Waals surface area contributed by atoms with Gasteiger partial charge in [-0.15, -0.1) is 0 Å².